The molecule has 18 nitrogen and oxygen atoms in total. The molecular formula is C64H104Cl8Co4N16O2. The molecule has 0 amide bonds. The smallest absolute Gasteiger partial charge is 0.0594 e. The normalized spacial score (nSPS) is 20.4. The number of hydrogen-bond donors (Lipinski definition) is 2. The standard InChI is InChI=1S/C17H29N5.C17H27N3.C15H25N5.C15H23N3O2.8ClH.4Co/c1-19-6-10-21(11-7-19)14-16-4-3-5-17(18-16)15-22-12-8-20(2)9-13-22;1-3-10-19(11-4-1)14-16-8-7-9-17(18-16)15-20-12-5-2-6-13-20;1-2-14(12-19-8-4-16-5-9-19)18-15(3-1)13-20-10-6-17-7-11-20;1-2-14(12-17-4-8-19-9-5-17)16-15(3-1)13-18-6-10-20-11-7-18;;;;;;;;;;;;/h3-5H,6-15H2,1-2H3;7-9H,1-6,10-15H2;1-3,16-17H,4-13H2;1-3H,4-13H2;8*1H;;;;/q;;;;;;;;;;;;4*+2/p-8. The topological polar surface area (TPSA) is 126 Å². The minimum absolute atomic E-state index is 0.382. The molecule has 94 heavy (non-hydrogen) atoms. The number of halogens is 8. The summed E-state index contributed by atoms with van der Waals surface area (Å²) in [4.78, 5) is 44.1. The number of piperidine rings is 2. The molecular weight excluding hydrogens is 1540 g/mol. The minimum atomic E-state index is 0.382. The average molecular weight is 1650 g/mol. The summed E-state index contributed by atoms with van der Waals surface area (Å²) in [6, 6.07) is 25.9. The van der Waals surface area contributed by atoms with Crippen molar-refractivity contribution in [2.45, 2.75) is 90.9 Å². The van der Waals surface area contributed by atoms with E-state index in [9.17, 15) is 0 Å². The number of aromatic nitrogens is 4. The number of piperazine rings is 4. The number of pyridine rings is 4. The number of likely N-dealkylation sites (N-methyl/N-ethyl adjacent to an activating group) is 2. The summed E-state index contributed by atoms with van der Waals surface area (Å²) in [5.41, 5.74) is 9.68. The first-order valence-electron chi connectivity index (χ1n) is 32.9. The fourth-order valence-electron chi connectivity index (χ4n) is 12.2. The van der Waals surface area contributed by atoms with Crippen LogP contribution in [-0.2, 0) is 113 Å². The molecule has 0 radical (unpaired) electrons. The molecule has 0 atom stereocenters. The molecule has 8 fully saturated rings. The third-order valence-corrected chi connectivity index (χ3v) is 17.3. The van der Waals surface area contributed by atoms with Crippen molar-refractivity contribution in [2.24, 2.45) is 0 Å². The summed E-state index contributed by atoms with van der Waals surface area (Å²) in [5.74, 6) is 0. The van der Waals surface area contributed by atoms with E-state index in [-0.39, 0.29) is 0 Å². The maximum absolute atomic E-state index is 5.38. The van der Waals surface area contributed by atoms with Gasteiger partial charge in [0.1, 0.15) is 0 Å². The molecule has 544 valence electrons. The van der Waals surface area contributed by atoms with Crippen molar-refractivity contribution in [3.63, 3.8) is 0 Å². The predicted molar refractivity (Wildman–Crippen MR) is 376 cm³/mol. The molecule has 0 bridgehead atoms. The van der Waals surface area contributed by atoms with Gasteiger partial charge in [0.15, 0.2) is 0 Å². The van der Waals surface area contributed by atoms with E-state index in [2.05, 4.69) is 147 Å². The van der Waals surface area contributed by atoms with Gasteiger partial charge in [0.05, 0.1) is 72.0 Å². The second-order valence-corrected chi connectivity index (χ2v) is 31.2. The summed E-state index contributed by atoms with van der Waals surface area (Å²) in [6.07, 6.45) is 8.22. The van der Waals surface area contributed by atoms with Crippen LogP contribution in [0.25, 0.3) is 0 Å². The van der Waals surface area contributed by atoms with E-state index >= 15 is 0 Å². The van der Waals surface area contributed by atoms with E-state index in [1.54, 1.807) is 0 Å². The van der Waals surface area contributed by atoms with Crippen molar-refractivity contribution in [3.8, 4) is 0 Å². The Bertz CT molecular complexity index is 2140. The van der Waals surface area contributed by atoms with Gasteiger partial charge in [-0.15, -0.1) is 0 Å². The van der Waals surface area contributed by atoms with E-state index < -0.39 is 0 Å². The van der Waals surface area contributed by atoms with E-state index in [1.165, 1.54) is 125 Å². The van der Waals surface area contributed by atoms with Crippen LogP contribution in [0.1, 0.15) is 84.1 Å². The number of rotatable bonds is 16. The van der Waals surface area contributed by atoms with Gasteiger partial charge in [-0.1, -0.05) is 37.1 Å². The average Bonchev–Trinajstić information content (AvgIpc) is 1.90. The first-order valence-corrected chi connectivity index (χ1v) is 44.4. The van der Waals surface area contributed by atoms with Gasteiger partial charge in [-0.2, -0.15) is 0 Å². The molecule has 12 rings (SSSR count). The second-order valence-electron chi connectivity index (χ2n) is 24.3. The van der Waals surface area contributed by atoms with Crippen molar-refractivity contribution in [2.75, 3.05) is 198 Å². The molecule has 0 aromatic carbocycles. The zero-order valence-electron chi connectivity index (χ0n) is 55.1. The largest absolute Gasteiger partial charge is 0.379 e. The van der Waals surface area contributed by atoms with Crippen molar-refractivity contribution in [1.82, 2.24) is 79.6 Å². The number of likely N-dealkylation sites (tertiary alicyclic amines) is 2. The van der Waals surface area contributed by atoms with Crippen LogP contribution < -0.4 is 10.6 Å². The van der Waals surface area contributed by atoms with Gasteiger partial charge in [0, 0.05) is 183 Å². The quantitative estimate of drug-likeness (QED) is 0.110. The Morgan fingerprint density at radius 3 is 0.702 bits per heavy atom. The second kappa shape index (κ2) is 55.0. The van der Waals surface area contributed by atoms with Crippen molar-refractivity contribution in [1.29, 1.82) is 0 Å². The van der Waals surface area contributed by atoms with Crippen LogP contribution in [-0.4, -0.2) is 267 Å². The molecule has 0 unspecified atom stereocenters. The van der Waals surface area contributed by atoms with E-state index in [0.29, 0.717) is 51.6 Å². The number of ether oxygens (including phenoxy) is 2. The maximum Gasteiger partial charge on any atom is 0.0594 e. The molecule has 0 aliphatic carbocycles. The van der Waals surface area contributed by atoms with E-state index in [4.69, 9.17) is 111 Å². The predicted octanol–water partition coefficient (Wildman–Crippen LogP) is 9.77. The summed E-state index contributed by atoms with van der Waals surface area (Å²) in [6.45, 7) is 38.5. The first-order chi connectivity index (χ1) is 46.0. The van der Waals surface area contributed by atoms with E-state index in [1.807, 2.05) is 0 Å². The third kappa shape index (κ3) is 39.1. The Balaban J connectivity index is 0.000000214. The molecule has 8 aliphatic heterocycles. The van der Waals surface area contributed by atoms with Crippen LogP contribution >= 0.6 is 81.2 Å². The Labute approximate surface area is 622 Å². The van der Waals surface area contributed by atoms with Gasteiger partial charge in [-0.25, -0.2) is 0 Å². The number of hydrogen-bond acceptors (Lipinski definition) is 18. The maximum atomic E-state index is 5.38. The van der Waals surface area contributed by atoms with Crippen LogP contribution in [0, 0.1) is 0 Å². The van der Waals surface area contributed by atoms with Crippen molar-refractivity contribution < 1.29 is 61.0 Å². The van der Waals surface area contributed by atoms with Gasteiger partial charge in [-0.05, 0) is 114 Å². The molecule has 8 aliphatic rings. The Hall–Kier alpha value is 0.386. The van der Waals surface area contributed by atoms with Gasteiger partial charge >= 0.3 is 133 Å². The Morgan fingerprint density at radius 2 is 0.479 bits per heavy atom. The van der Waals surface area contributed by atoms with Gasteiger partial charge in [-0.3, -0.25) is 59.1 Å². The monoisotopic (exact) mass is 1640 g/mol. The number of nitrogens with zero attached hydrogens (tertiary/aromatic N) is 14. The third-order valence-electron chi connectivity index (χ3n) is 17.3. The van der Waals surface area contributed by atoms with Crippen LogP contribution in [0.2, 0.25) is 0 Å². The first kappa shape index (κ1) is 85.0. The van der Waals surface area contributed by atoms with Gasteiger partial charge in [0.25, 0.3) is 0 Å². The fraction of sp³-hybridized carbons (Fsp3) is 0.688. The molecule has 0 saturated carbocycles. The summed E-state index contributed by atoms with van der Waals surface area (Å²) in [5, 5.41) is 6.78. The number of morpholine rings is 2. The summed E-state index contributed by atoms with van der Waals surface area (Å²) < 4.78 is 10.8. The van der Waals surface area contributed by atoms with Crippen LogP contribution in [0.3, 0.4) is 0 Å². The Kier molecular flexibility index (Phi) is 49.8. The van der Waals surface area contributed by atoms with Gasteiger partial charge in [0.2, 0.25) is 0 Å². The van der Waals surface area contributed by atoms with Crippen LogP contribution in [0.5, 0.6) is 0 Å². The minimum Gasteiger partial charge on any atom is -0.379 e. The van der Waals surface area contributed by atoms with Crippen molar-refractivity contribution in [3.05, 3.63) is 118 Å². The summed E-state index contributed by atoms with van der Waals surface area (Å²) in [7, 11) is 42.3. The number of nitrogens with one attached hydrogen (secondary N) is 2. The zero-order chi connectivity index (χ0) is 67.1. The molecule has 2 N–H and O–H groups in total. The van der Waals surface area contributed by atoms with Crippen LogP contribution in [0.4, 0.5) is 0 Å². The van der Waals surface area contributed by atoms with Crippen LogP contribution in [0.15, 0.2) is 72.8 Å². The van der Waals surface area contributed by atoms with Crippen molar-refractivity contribution >= 4 is 81.2 Å². The molecule has 0 spiro atoms. The molecule has 12 heterocycles. The fourth-order valence-corrected chi connectivity index (χ4v) is 12.2. The molecule has 8 saturated heterocycles. The molecule has 4 aromatic heterocycles. The SMILES string of the molecule is CN1CCN(Cc2cccc(CN3CCN(C)CC3)n2)CC1.[Cl][Co][Cl].[Cl][Co][Cl].[Cl][Co][Cl].[Cl][Co][Cl].c1cc(CN2CCCCC2)nc(CN2CCCCC2)c1.c1cc(CN2CCNCC2)nc(CN2CCNCC2)c1.c1cc(CN2CCOCC2)nc(CN2CCOCC2)c1. The van der Waals surface area contributed by atoms with E-state index in [0.717, 1.165) is 195 Å². The van der Waals surface area contributed by atoms with Gasteiger partial charge < -0.3 is 29.9 Å². The molecule has 30 heteroatoms. The zero-order valence-corrected chi connectivity index (χ0v) is 65.3. The Morgan fingerprint density at radius 1 is 0.287 bits per heavy atom. The summed E-state index contributed by atoms with van der Waals surface area (Å²) >= 11 is 1.53. The molecule has 4 aromatic rings.